The summed E-state index contributed by atoms with van der Waals surface area (Å²) >= 11 is 0. The van der Waals surface area contributed by atoms with Crippen molar-refractivity contribution in [1.82, 2.24) is 0 Å². The van der Waals surface area contributed by atoms with Gasteiger partial charge in [-0.25, -0.2) is 0 Å². The number of hydrogen-bond acceptors (Lipinski definition) is 7. The first-order valence-corrected chi connectivity index (χ1v) is 15.0. The molecular weight excluding hydrogens is 512 g/mol. The molecule has 2 heterocycles. The van der Waals surface area contributed by atoms with Crippen molar-refractivity contribution in [1.29, 1.82) is 0 Å². The van der Waals surface area contributed by atoms with Crippen LogP contribution in [0.3, 0.4) is 0 Å². The van der Waals surface area contributed by atoms with Crippen LogP contribution in [0.2, 0.25) is 0 Å². The van der Waals surface area contributed by atoms with Gasteiger partial charge in [-0.3, -0.25) is 4.79 Å². The highest BCUT2D eigenvalue weighted by atomic mass is 16.7. The summed E-state index contributed by atoms with van der Waals surface area (Å²) in [6, 6.07) is 9.70. The van der Waals surface area contributed by atoms with E-state index in [-0.39, 0.29) is 43.0 Å². The summed E-state index contributed by atoms with van der Waals surface area (Å²) in [5, 5.41) is 19.9. The minimum Gasteiger partial charge on any atom is -0.491 e. The molecule has 1 saturated carbocycles. The Morgan fingerprint density at radius 2 is 1.77 bits per heavy atom. The Labute approximate surface area is 238 Å². The van der Waals surface area contributed by atoms with E-state index in [1.165, 1.54) is 0 Å². The van der Waals surface area contributed by atoms with Crippen molar-refractivity contribution in [2.45, 2.75) is 102 Å². The lowest BCUT2D eigenvalue weighted by molar-refractivity contribution is -0.193. The Kier molecular flexibility index (Phi) is 13.0. The SMILES string of the molecule is O=C(O)CCCC=CC[C@@H]1[C@@H](C=C[C@H](COc2ccccc2)OC2CCCCO2)[C@H](OC2CCCCO2)C[C@H]1O. The number of aliphatic hydroxyl groups excluding tert-OH is 1. The van der Waals surface area contributed by atoms with E-state index in [0.717, 1.165) is 44.3 Å². The van der Waals surface area contributed by atoms with Crippen LogP contribution >= 0.6 is 0 Å². The van der Waals surface area contributed by atoms with Crippen LogP contribution < -0.4 is 4.74 Å². The van der Waals surface area contributed by atoms with E-state index in [0.29, 0.717) is 45.5 Å². The molecule has 0 radical (unpaired) electrons. The molecule has 1 aromatic carbocycles. The monoisotopic (exact) mass is 558 g/mol. The number of aliphatic carboxylic acids is 1. The van der Waals surface area contributed by atoms with Gasteiger partial charge in [-0.15, -0.1) is 0 Å². The predicted molar refractivity (Wildman–Crippen MR) is 151 cm³/mol. The van der Waals surface area contributed by atoms with Crippen LogP contribution in [0.1, 0.15) is 70.6 Å². The van der Waals surface area contributed by atoms with E-state index >= 15 is 0 Å². The lowest BCUT2D eigenvalue weighted by atomic mass is 9.89. The molecule has 1 aromatic rings. The van der Waals surface area contributed by atoms with Crippen molar-refractivity contribution in [3.63, 3.8) is 0 Å². The molecular formula is C32H46O8. The number of aliphatic hydroxyl groups is 1. The Hall–Kier alpha value is -2.23. The van der Waals surface area contributed by atoms with E-state index in [1.54, 1.807) is 0 Å². The minimum absolute atomic E-state index is 0.0258. The first-order valence-electron chi connectivity index (χ1n) is 15.0. The van der Waals surface area contributed by atoms with Crippen molar-refractivity contribution >= 4 is 5.97 Å². The third-order valence-corrected chi connectivity index (χ3v) is 7.86. The number of unbranched alkanes of at least 4 members (excludes halogenated alkanes) is 1. The van der Waals surface area contributed by atoms with E-state index < -0.39 is 12.1 Å². The molecule has 40 heavy (non-hydrogen) atoms. The number of carboxylic acids is 1. The van der Waals surface area contributed by atoms with Gasteiger partial charge in [0, 0.05) is 32.0 Å². The summed E-state index contributed by atoms with van der Waals surface area (Å²) < 4.78 is 30.5. The second-order valence-corrected chi connectivity index (χ2v) is 11.0. The van der Waals surface area contributed by atoms with E-state index in [1.807, 2.05) is 42.5 Å². The molecule has 8 heteroatoms. The smallest absolute Gasteiger partial charge is 0.303 e. The van der Waals surface area contributed by atoms with Gasteiger partial charge >= 0.3 is 5.97 Å². The van der Waals surface area contributed by atoms with Gasteiger partial charge in [0.2, 0.25) is 0 Å². The number of rotatable bonds is 15. The minimum atomic E-state index is -0.776. The fraction of sp³-hybridized carbons (Fsp3) is 0.656. The van der Waals surface area contributed by atoms with Crippen LogP contribution in [0, 0.1) is 11.8 Å². The van der Waals surface area contributed by atoms with Crippen LogP contribution in [0.5, 0.6) is 5.75 Å². The van der Waals surface area contributed by atoms with Gasteiger partial charge in [0.25, 0.3) is 0 Å². The zero-order valence-electron chi connectivity index (χ0n) is 23.5. The third kappa shape index (κ3) is 10.3. The van der Waals surface area contributed by atoms with Crippen LogP contribution in [0.25, 0.3) is 0 Å². The summed E-state index contributed by atoms with van der Waals surface area (Å²) in [7, 11) is 0. The number of hydrogen-bond donors (Lipinski definition) is 2. The van der Waals surface area contributed by atoms with Gasteiger partial charge in [-0.2, -0.15) is 0 Å². The maximum absolute atomic E-state index is 11.1. The first-order chi connectivity index (χ1) is 19.6. The summed E-state index contributed by atoms with van der Waals surface area (Å²) in [4.78, 5) is 10.8. The third-order valence-electron chi connectivity index (χ3n) is 7.86. The topological polar surface area (TPSA) is 104 Å². The fourth-order valence-corrected chi connectivity index (χ4v) is 5.69. The summed E-state index contributed by atoms with van der Waals surface area (Å²) in [5.74, 6) is -0.0465. The average Bonchev–Trinajstić information content (AvgIpc) is 3.26. The van der Waals surface area contributed by atoms with Gasteiger partial charge < -0.3 is 33.9 Å². The molecule has 2 saturated heterocycles. The van der Waals surface area contributed by atoms with Gasteiger partial charge in [-0.05, 0) is 75.8 Å². The molecule has 0 aromatic heterocycles. The number of benzene rings is 1. The molecule has 2 unspecified atom stereocenters. The number of carboxylic acid groups (broad SMARTS) is 1. The molecule has 0 amide bonds. The fourth-order valence-electron chi connectivity index (χ4n) is 5.69. The maximum atomic E-state index is 11.1. The molecule has 2 aliphatic heterocycles. The highest BCUT2D eigenvalue weighted by Gasteiger charge is 2.42. The van der Waals surface area contributed by atoms with Crippen LogP contribution in [0.4, 0.5) is 0 Å². The molecule has 1 aliphatic carbocycles. The maximum Gasteiger partial charge on any atom is 0.303 e. The van der Waals surface area contributed by atoms with Crippen LogP contribution in [-0.4, -0.2) is 66.9 Å². The lowest BCUT2D eigenvalue weighted by Crippen LogP contribution is -2.32. The van der Waals surface area contributed by atoms with E-state index in [4.69, 9.17) is 28.8 Å². The second kappa shape index (κ2) is 16.9. The van der Waals surface area contributed by atoms with E-state index in [2.05, 4.69) is 12.2 Å². The zero-order valence-corrected chi connectivity index (χ0v) is 23.5. The molecule has 3 fully saturated rings. The number of para-hydroxylation sites is 1. The molecule has 8 nitrogen and oxygen atoms in total. The lowest BCUT2D eigenvalue weighted by Gasteiger charge is -2.30. The first kappa shape index (κ1) is 30.7. The Bertz CT molecular complexity index is 907. The van der Waals surface area contributed by atoms with Gasteiger partial charge in [0.05, 0.1) is 12.2 Å². The molecule has 0 bridgehead atoms. The number of carbonyl (C=O) groups is 1. The molecule has 0 spiro atoms. The van der Waals surface area contributed by atoms with Crippen molar-refractivity contribution < 1.29 is 38.7 Å². The Morgan fingerprint density at radius 3 is 2.48 bits per heavy atom. The highest BCUT2D eigenvalue weighted by Crippen LogP contribution is 2.39. The normalized spacial score (nSPS) is 30.1. The standard InChI is InChI=1S/C32H46O8/c33-28-22-29(40-32-17-9-11-21-37-32)27(26(28)14-6-1-2-7-15-30(34)35)19-18-25(39-31-16-8-10-20-36-31)23-38-24-12-4-3-5-13-24/h1,3-6,12-13,18-19,25-29,31-33H,2,7-11,14-17,20-23H2,(H,34,35)/t25-,26-,27-,28-,29-,31?,32?/m1/s1. The Morgan fingerprint density at radius 1 is 1.02 bits per heavy atom. The summed E-state index contributed by atoms with van der Waals surface area (Å²) in [6.45, 7) is 1.76. The second-order valence-electron chi connectivity index (χ2n) is 11.0. The largest absolute Gasteiger partial charge is 0.491 e. The highest BCUT2D eigenvalue weighted by molar-refractivity contribution is 5.66. The molecule has 222 valence electrons. The van der Waals surface area contributed by atoms with Gasteiger partial charge in [-0.1, -0.05) is 42.5 Å². The van der Waals surface area contributed by atoms with E-state index in [9.17, 15) is 9.90 Å². The molecule has 7 atom stereocenters. The summed E-state index contributed by atoms with van der Waals surface area (Å²) in [5.41, 5.74) is 0. The number of allylic oxidation sites excluding steroid dienone is 2. The number of ether oxygens (including phenoxy) is 5. The predicted octanol–water partition coefficient (Wildman–Crippen LogP) is 5.64. The molecule has 4 rings (SSSR count). The van der Waals surface area contributed by atoms with Crippen molar-refractivity contribution in [3.05, 3.63) is 54.6 Å². The average molecular weight is 559 g/mol. The van der Waals surface area contributed by atoms with Crippen LogP contribution in [-0.2, 0) is 23.7 Å². The molecule has 3 aliphatic rings. The Balaban J connectivity index is 1.44. The van der Waals surface area contributed by atoms with Gasteiger partial charge in [0.1, 0.15) is 18.5 Å². The van der Waals surface area contributed by atoms with Crippen molar-refractivity contribution in [2.24, 2.45) is 11.8 Å². The molecule has 2 N–H and O–H groups in total. The van der Waals surface area contributed by atoms with Crippen molar-refractivity contribution in [3.8, 4) is 5.75 Å². The summed E-state index contributed by atoms with van der Waals surface area (Å²) in [6.07, 6.45) is 15.5. The zero-order chi connectivity index (χ0) is 28.0. The van der Waals surface area contributed by atoms with Crippen molar-refractivity contribution in [2.75, 3.05) is 19.8 Å². The quantitative estimate of drug-likeness (QED) is 0.210. The van der Waals surface area contributed by atoms with Crippen LogP contribution in [0.15, 0.2) is 54.6 Å². The van der Waals surface area contributed by atoms with Gasteiger partial charge in [0.15, 0.2) is 12.6 Å².